The van der Waals surface area contributed by atoms with Gasteiger partial charge in [-0.25, -0.2) is 9.18 Å². The van der Waals surface area contributed by atoms with E-state index in [1.165, 1.54) is 23.9 Å². The van der Waals surface area contributed by atoms with Crippen molar-refractivity contribution in [1.29, 1.82) is 0 Å². The zero-order valence-corrected chi connectivity index (χ0v) is 12.2. The van der Waals surface area contributed by atoms with Gasteiger partial charge in [-0.1, -0.05) is 28.1 Å². The average molecular weight is 341 g/mol. The summed E-state index contributed by atoms with van der Waals surface area (Å²) in [4.78, 5) is 11.7. The third-order valence-electron chi connectivity index (χ3n) is 2.43. The lowest BCUT2D eigenvalue weighted by molar-refractivity contribution is 0.0693. The van der Waals surface area contributed by atoms with E-state index in [0.717, 1.165) is 5.56 Å². The molecule has 0 bridgehead atoms. The van der Waals surface area contributed by atoms with E-state index in [1.807, 2.05) is 6.07 Å². The van der Waals surface area contributed by atoms with E-state index in [4.69, 9.17) is 5.11 Å². The molecular weight excluding hydrogens is 331 g/mol. The molecule has 0 heterocycles. The zero-order chi connectivity index (χ0) is 13.8. The number of carboxylic acid groups (broad SMARTS) is 1. The number of rotatable bonds is 4. The number of carboxylic acids is 1. The van der Waals surface area contributed by atoms with E-state index in [2.05, 4.69) is 15.9 Å². The smallest absolute Gasteiger partial charge is 0.336 e. The molecule has 0 atom stereocenters. The Kier molecular flexibility index (Phi) is 4.61. The van der Waals surface area contributed by atoms with Crippen molar-refractivity contribution in [3.05, 3.63) is 63.9 Å². The first-order valence-electron chi connectivity index (χ1n) is 5.46. The van der Waals surface area contributed by atoms with Crippen LogP contribution in [-0.4, -0.2) is 11.1 Å². The predicted octanol–water partition coefficient (Wildman–Crippen LogP) is 4.58. The third-order valence-corrected chi connectivity index (χ3v) is 4.04. The van der Waals surface area contributed by atoms with Crippen LogP contribution in [0.15, 0.2) is 51.8 Å². The van der Waals surface area contributed by atoms with Crippen LogP contribution in [0.5, 0.6) is 0 Å². The maximum atomic E-state index is 13.2. The molecule has 0 aliphatic carbocycles. The molecule has 2 aromatic rings. The van der Waals surface area contributed by atoms with Crippen LogP contribution < -0.4 is 0 Å². The number of hydrogen-bond acceptors (Lipinski definition) is 2. The molecule has 19 heavy (non-hydrogen) atoms. The first-order valence-corrected chi connectivity index (χ1v) is 7.24. The fourth-order valence-electron chi connectivity index (χ4n) is 1.62. The summed E-state index contributed by atoms with van der Waals surface area (Å²) in [6.07, 6.45) is 0. The first kappa shape index (κ1) is 14.1. The lowest BCUT2D eigenvalue weighted by atomic mass is 10.2. The van der Waals surface area contributed by atoms with Crippen molar-refractivity contribution in [3.63, 3.8) is 0 Å². The fourth-order valence-corrected chi connectivity index (χ4v) is 3.11. The van der Waals surface area contributed by atoms with Crippen LogP contribution in [0.2, 0.25) is 0 Å². The first-order chi connectivity index (χ1) is 9.06. The molecule has 0 saturated carbocycles. The van der Waals surface area contributed by atoms with Crippen LogP contribution in [0.25, 0.3) is 0 Å². The Morgan fingerprint density at radius 1 is 1.26 bits per heavy atom. The van der Waals surface area contributed by atoms with Crippen LogP contribution >= 0.6 is 27.7 Å². The van der Waals surface area contributed by atoms with Gasteiger partial charge in [-0.05, 0) is 35.9 Å². The quantitative estimate of drug-likeness (QED) is 0.827. The molecule has 5 heteroatoms. The van der Waals surface area contributed by atoms with Gasteiger partial charge in [0.25, 0.3) is 0 Å². The number of thioether (sulfide) groups is 1. The number of carbonyl (C=O) groups is 1. The fraction of sp³-hybridized carbons (Fsp3) is 0.0714. The summed E-state index contributed by atoms with van der Waals surface area (Å²) in [6.45, 7) is 0. The molecule has 0 saturated heterocycles. The second-order valence-electron chi connectivity index (χ2n) is 3.87. The molecule has 0 unspecified atom stereocenters. The van der Waals surface area contributed by atoms with Crippen molar-refractivity contribution in [2.24, 2.45) is 0 Å². The summed E-state index contributed by atoms with van der Waals surface area (Å²) < 4.78 is 13.9. The minimum absolute atomic E-state index is 0.267. The maximum Gasteiger partial charge on any atom is 0.336 e. The van der Waals surface area contributed by atoms with Crippen molar-refractivity contribution in [2.75, 3.05) is 0 Å². The summed E-state index contributed by atoms with van der Waals surface area (Å²) in [5.74, 6) is -0.749. The van der Waals surface area contributed by atoms with Gasteiger partial charge >= 0.3 is 5.97 Å². The molecule has 0 aromatic heterocycles. The number of aromatic carboxylic acids is 1. The molecule has 2 aromatic carbocycles. The van der Waals surface area contributed by atoms with Crippen LogP contribution in [0.3, 0.4) is 0 Å². The Hall–Kier alpha value is -1.33. The number of hydrogen-bond donors (Lipinski definition) is 1. The Morgan fingerprint density at radius 3 is 2.68 bits per heavy atom. The minimum Gasteiger partial charge on any atom is -0.478 e. The molecule has 0 amide bonds. The zero-order valence-electron chi connectivity index (χ0n) is 9.77. The second kappa shape index (κ2) is 6.21. The van der Waals surface area contributed by atoms with E-state index in [9.17, 15) is 9.18 Å². The highest BCUT2D eigenvalue weighted by Crippen LogP contribution is 2.27. The molecule has 0 aliphatic rings. The van der Waals surface area contributed by atoms with Gasteiger partial charge in [-0.2, -0.15) is 0 Å². The van der Waals surface area contributed by atoms with Crippen LogP contribution in [0.4, 0.5) is 4.39 Å². The van der Waals surface area contributed by atoms with E-state index < -0.39 is 5.97 Å². The Bertz CT molecular complexity index is 596. The van der Waals surface area contributed by atoms with Crippen molar-refractivity contribution < 1.29 is 14.3 Å². The van der Waals surface area contributed by atoms with Gasteiger partial charge in [0.05, 0.1) is 5.56 Å². The van der Waals surface area contributed by atoms with Crippen LogP contribution in [0, 0.1) is 5.82 Å². The summed E-state index contributed by atoms with van der Waals surface area (Å²) >= 11 is 4.61. The van der Waals surface area contributed by atoms with Crippen molar-refractivity contribution in [2.45, 2.75) is 10.6 Å². The Labute approximate surface area is 122 Å². The summed E-state index contributed by atoms with van der Waals surface area (Å²) in [5, 5.41) is 9.07. The molecule has 0 aliphatic heterocycles. The average Bonchev–Trinajstić information content (AvgIpc) is 2.35. The van der Waals surface area contributed by atoms with E-state index in [-0.39, 0.29) is 11.4 Å². The lowest BCUT2D eigenvalue weighted by Crippen LogP contribution is -1.98. The standard InChI is InChI=1S/C14H10BrFO2S/c15-10-5-9(6-11(16)7-10)8-19-13-4-2-1-3-12(13)14(17)18/h1-7H,8H2,(H,17,18). The third kappa shape index (κ3) is 3.81. The molecule has 0 radical (unpaired) electrons. The van der Waals surface area contributed by atoms with E-state index >= 15 is 0 Å². The molecule has 1 N–H and O–H groups in total. The normalized spacial score (nSPS) is 10.4. The second-order valence-corrected chi connectivity index (χ2v) is 5.80. The lowest BCUT2D eigenvalue weighted by Gasteiger charge is -2.06. The van der Waals surface area contributed by atoms with Gasteiger partial charge in [-0.3, -0.25) is 0 Å². The van der Waals surface area contributed by atoms with Crippen LogP contribution in [-0.2, 0) is 5.75 Å². The molecular formula is C14H10BrFO2S. The van der Waals surface area contributed by atoms with E-state index in [0.29, 0.717) is 15.1 Å². The Balaban J connectivity index is 2.16. The summed E-state index contributed by atoms with van der Waals surface area (Å²) in [7, 11) is 0. The van der Waals surface area contributed by atoms with E-state index in [1.54, 1.807) is 24.3 Å². The van der Waals surface area contributed by atoms with Gasteiger partial charge in [0, 0.05) is 15.1 Å². The monoisotopic (exact) mass is 340 g/mol. The van der Waals surface area contributed by atoms with Gasteiger partial charge < -0.3 is 5.11 Å². The highest BCUT2D eigenvalue weighted by Gasteiger charge is 2.09. The van der Waals surface area contributed by atoms with Gasteiger partial charge in [-0.15, -0.1) is 11.8 Å². The highest BCUT2D eigenvalue weighted by molar-refractivity contribution is 9.10. The molecule has 0 fully saturated rings. The van der Waals surface area contributed by atoms with Gasteiger partial charge in [0.2, 0.25) is 0 Å². The topological polar surface area (TPSA) is 37.3 Å². The SMILES string of the molecule is O=C(O)c1ccccc1SCc1cc(F)cc(Br)c1. The largest absolute Gasteiger partial charge is 0.478 e. The Morgan fingerprint density at radius 2 is 2.00 bits per heavy atom. The minimum atomic E-state index is -0.955. The highest BCUT2D eigenvalue weighted by atomic mass is 79.9. The van der Waals surface area contributed by atoms with Gasteiger partial charge in [0.1, 0.15) is 5.82 Å². The summed E-state index contributed by atoms with van der Waals surface area (Å²) in [5.41, 5.74) is 1.07. The predicted molar refractivity (Wildman–Crippen MR) is 77.1 cm³/mol. The van der Waals surface area contributed by atoms with Crippen molar-refractivity contribution in [3.8, 4) is 0 Å². The number of halogens is 2. The van der Waals surface area contributed by atoms with Gasteiger partial charge in [0.15, 0.2) is 0 Å². The van der Waals surface area contributed by atoms with Crippen molar-refractivity contribution >= 4 is 33.7 Å². The maximum absolute atomic E-state index is 13.2. The molecule has 98 valence electrons. The van der Waals surface area contributed by atoms with Crippen LogP contribution in [0.1, 0.15) is 15.9 Å². The number of benzene rings is 2. The van der Waals surface area contributed by atoms with Crippen molar-refractivity contribution in [1.82, 2.24) is 0 Å². The molecule has 2 rings (SSSR count). The molecule has 2 nitrogen and oxygen atoms in total. The molecule has 0 spiro atoms. The summed E-state index contributed by atoms with van der Waals surface area (Å²) in [6, 6.07) is 11.4.